The molecule has 0 aliphatic carbocycles. The van der Waals surface area contributed by atoms with E-state index in [1.807, 2.05) is 30.3 Å². The predicted octanol–water partition coefficient (Wildman–Crippen LogP) is 5.71. The molecule has 0 bridgehead atoms. The van der Waals surface area contributed by atoms with Gasteiger partial charge in [0.2, 0.25) is 0 Å². The Kier molecular flexibility index (Phi) is 4.30. The maximum Gasteiger partial charge on any atom is 0.137 e. The molecule has 3 aromatic carbocycles. The van der Waals surface area contributed by atoms with E-state index in [9.17, 15) is 0 Å². The number of benzene rings is 3. The minimum atomic E-state index is -0.290. The van der Waals surface area contributed by atoms with Crippen LogP contribution in [0.5, 0.6) is 5.75 Å². The van der Waals surface area contributed by atoms with Gasteiger partial charge in [0.05, 0.1) is 20.9 Å². The van der Waals surface area contributed by atoms with Gasteiger partial charge in [-0.15, -0.1) is 0 Å². The summed E-state index contributed by atoms with van der Waals surface area (Å²) < 4.78 is 6.28. The van der Waals surface area contributed by atoms with Gasteiger partial charge in [0.15, 0.2) is 0 Å². The van der Waals surface area contributed by atoms with Crippen molar-refractivity contribution >= 4 is 44.9 Å². The Labute approximate surface area is 155 Å². The lowest BCUT2D eigenvalue weighted by Gasteiger charge is -2.20. The second kappa shape index (κ2) is 6.60. The summed E-state index contributed by atoms with van der Waals surface area (Å²) in [5, 5.41) is 4.23. The average molecular weight is 371 g/mol. The fourth-order valence-electron chi connectivity index (χ4n) is 3.17. The Morgan fingerprint density at radius 3 is 2.60 bits per heavy atom. The van der Waals surface area contributed by atoms with Gasteiger partial charge in [-0.25, -0.2) is 0 Å². The lowest BCUT2D eigenvalue weighted by atomic mass is 10.0. The van der Waals surface area contributed by atoms with Crippen molar-refractivity contribution in [2.75, 3.05) is 6.54 Å². The van der Waals surface area contributed by atoms with Gasteiger partial charge in [-0.3, -0.25) is 0 Å². The topological polar surface area (TPSA) is 51.0 Å². The zero-order valence-electron chi connectivity index (χ0n) is 13.3. The maximum absolute atomic E-state index is 6.32. The van der Waals surface area contributed by atoms with E-state index in [-0.39, 0.29) is 6.10 Å². The van der Waals surface area contributed by atoms with Crippen LogP contribution in [0.1, 0.15) is 11.7 Å². The highest BCUT2D eigenvalue weighted by Crippen LogP contribution is 2.38. The summed E-state index contributed by atoms with van der Waals surface area (Å²) in [6.45, 7) is 0.347. The Bertz CT molecular complexity index is 1050. The third-order valence-corrected chi connectivity index (χ3v) is 4.96. The number of aromatic nitrogens is 1. The van der Waals surface area contributed by atoms with Gasteiger partial charge in [-0.05, 0) is 22.9 Å². The molecule has 25 heavy (non-hydrogen) atoms. The molecule has 5 heteroatoms. The van der Waals surface area contributed by atoms with Crippen LogP contribution in [0.2, 0.25) is 10.0 Å². The van der Waals surface area contributed by atoms with Crippen molar-refractivity contribution in [1.82, 2.24) is 4.98 Å². The van der Waals surface area contributed by atoms with Gasteiger partial charge < -0.3 is 15.5 Å². The highest BCUT2D eigenvalue weighted by molar-refractivity contribution is 6.40. The van der Waals surface area contributed by atoms with Gasteiger partial charge >= 0.3 is 0 Å². The minimum Gasteiger partial charge on any atom is -0.484 e. The van der Waals surface area contributed by atoms with Gasteiger partial charge in [0.25, 0.3) is 0 Å². The number of halogens is 2. The van der Waals surface area contributed by atoms with Crippen molar-refractivity contribution in [3.8, 4) is 5.75 Å². The molecule has 0 aliphatic rings. The predicted molar refractivity (Wildman–Crippen MR) is 105 cm³/mol. The highest BCUT2D eigenvalue weighted by Gasteiger charge is 2.18. The minimum absolute atomic E-state index is 0.290. The molecule has 1 unspecified atom stereocenters. The van der Waals surface area contributed by atoms with Crippen LogP contribution in [-0.4, -0.2) is 11.5 Å². The summed E-state index contributed by atoms with van der Waals surface area (Å²) in [6, 6.07) is 18.0. The smallest absolute Gasteiger partial charge is 0.137 e. The zero-order valence-corrected chi connectivity index (χ0v) is 14.8. The molecule has 126 valence electrons. The second-order valence-corrected chi connectivity index (χ2v) is 6.66. The normalized spacial score (nSPS) is 12.6. The Hall–Kier alpha value is -2.20. The third-order valence-electron chi connectivity index (χ3n) is 4.35. The van der Waals surface area contributed by atoms with Crippen LogP contribution in [0, 0.1) is 0 Å². The van der Waals surface area contributed by atoms with Crippen LogP contribution in [0.3, 0.4) is 0 Å². The molecule has 0 fully saturated rings. The number of fused-ring (bicyclic) bond motifs is 2. The van der Waals surface area contributed by atoms with Crippen molar-refractivity contribution in [2.45, 2.75) is 6.10 Å². The van der Waals surface area contributed by atoms with E-state index in [0.717, 1.165) is 27.2 Å². The summed E-state index contributed by atoms with van der Waals surface area (Å²) in [7, 11) is 0. The van der Waals surface area contributed by atoms with Crippen molar-refractivity contribution < 1.29 is 4.74 Å². The van der Waals surface area contributed by atoms with Crippen molar-refractivity contribution in [3.05, 3.63) is 76.4 Å². The number of hydrogen-bond acceptors (Lipinski definition) is 2. The van der Waals surface area contributed by atoms with E-state index in [0.29, 0.717) is 22.3 Å². The van der Waals surface area contributed by atoms with E-state index in [1.165, 1.54) is 0 Å². The first-order valence-electron chi connectivity index (χ1n) is 7.98. The first-order chi connectivity index (χ1) is 12.2. The zero-order chi connectivity index (χ0) is 17.4. The lowest BCUT2D eigenvalue weighted by molar-refractivity contribution is 0.218. The first kappa shape index (κ1) is 16.3. The quantitative estimate of drug-likeness (QED) is 0.483. The summed E-state index contributed by atoms with van der Waals surface area (Å²) >= 11 is 12.6. The number of ether oxygens (including phenoxy) is 1. The number of H-pyrrole nitrogens is 1. The van der Waals surface area contributed by atoms with Crippen LogP contribution < -0.4 is 10.5 Å². The second-order valence-electron chi connectivity index (χ2n) is 5.84. The molecule has 4 aromatic rings. The third kappa shape index (κ3) is 2.85. The maximum atomic E-state index is 6.32. The number of nitrogens with one attached hydrogen (secondary N) is 1. The molecule has 3 nitrogen and oxygen atoms in total. The standard InChI is InChI=1S/C20H16Cl2N2O/c21-15-8-9-17(19-16(22)11-24-20(15)19)25-18(10-23)14-7-3-5-12-4-1-2-6-13(12)14/h1-9,11,18,24H,10,23H2. The number of hydrogen-bond donors (Lipinski definition) is 2. The molecule has 0 saturated heterocycles. The molecule has 0 aliphatic heterocycles. The fourth-order valence-corrected chi connectivity index (χ4v) is 3.62. The van der Waals surface area contributed by atoms with Crippen LogP contribution in [0.25, 0.3) is 21.7 Å². The molecule has 1 heterocycles. The SMILES string of the molecule is NCC(Oc1ccc(Cl)c2[nH]cc(Cl)c12)c1cccc2ccccc12. The van der Waals surface area contributed by atoms with Gasteiger partial charge in [0.1, 0.15) is 11.9 Å². The van der Waals surface area contributed by atoms with Crippen LogP contribution in [0.4, 0.5) is 0 Å². The highest BCUT2D eigenvalue weighted by atomic mass is 35.5. The van der Waals surface area contributed by atoms with Gasteiger partial charge in [-0.2, -0.15) is 0 Å². The summed E-state index contributed by atoms with van der Waals surface area (Å²) in [6.07, 6.45) is 1.42. The van der Waals surface area contributed by atoms with Crippen molar-refractivity contribution in [3.63, 3.8) is 0 Å². The number of aromatic amines is 1. The Morgan fingerprint density at radius 1 is 0.960 bits per heavy atom. The first-order valence-corrected chi connectivity index (χ1v) is 8.74. The molecular formula is C20H16Cl2N2O. The fraction of sp³-hybridized carbons (Fsp3) is 0.100. The summed E-state index contributed by atoms with van der Waals surface area (Å²) in [5.41, 5.74) is 7.85. The molecule has 0 radical (unpaired) electrons. The molecule has 1 atom stereocenters. The molecule has 0 spiro atoms. The molecular weight excluding hydrogens is 355 g/mol. The number of nitrogens with two attached hydrogens (primary N) is 1. The molecule has 3 N–H and O–H groups in total. The average Bonchev–Trinajstić information content (AvgIpc) is 3.04. The number of rotatable bonds is 4. The summed E-state index contributed by atoms with van der Waals surface area (Å²) in [4.78, 5) is 3.08. The summed E-state index contributed by atoms with van der Waals surface area (Å²) in [5.74, 6) is 0.661. The Balaban J connectivity index is 1.81. The van der Waals surface area contributed by atoms with Crippen LogP contribution in [0.15, 0.2) is 60.8 Å². The van der Waals surface area contributed by atoms with Crippen LogP contribution >= 0.6 is 23.2 Å². The molecule has 4 rings (SSSR count). The van der Waals surface area contributed by atoms with E-state index in [2.05, 4.69) is 23.2 Å². The largest absolute Gasteiger partial charge is 0.484 e. The van der Waals surface area contributed by atoms with E-state index in [1.54, 1.807) is 12.3 Å². The van der Waals surface area contributed by atoms with Crippen molar-refractivity contribution in [2.24, 2.45) is 5.73 Å². The Morgan fingerprint density at radius 2 is 1.76 bits per heavy atom. The van der Waals surface area contributed by atoms with E-state index >= 15 is 0 Å². The van der Waals surface area contributed by atoms with E-state index in [4.69, 9.17) is 33.7 Å². The van der Waals surface area contributed by atoms with Crippen LogP contribution in [-0.2, 0) is 0 Å². The van der Waals surface area contributed by atoms with E-state index < -0.39 is 0 Å². The van der Waals surface area contributed by atoms with Crippen molar-refractivity contribution in [1.29, 1.82) is 0 Å². The molecule has 1 aromatic heterocycles. The lowest BCUT2D eigenvalue weighted by Crippen LogP contribution is -2.19. The molecule has 0 amide bonds. The molecule has 0 saturated carbocycles. The monoisotopic (exact) mass is 370 g/mol. The van der Waals surface area contributed by atoms with Gasteiger partial charge in [0, 0.05) is 18.3 Å². The van der Waals surface area contributed by atoms with Gasteiger partial charge in [-0.1, -0.05) is 65.7 Å².